The SMILES string of the molecule is COc1ccc(F)cc1C(=O)NCC(C)(O)c1ccsc1. The Morgan fingerprint density at radius 1 is 1.48 bits per heavy atom. The summed E-state index contributed by atoms with van der Waals surface area (Å²) in [6, 6.07) is 5.51. The Morgan fingerprint density at radius 3 is 2.86 bits per heavy atom. The third kappa shape index (κ3) is 3.59. The lowest BCUT2D eigenvalue weighted by molar-refractivity contribution is 0.0529. The number of benzene rings is 1. The number of hydrogen-bond acceptors (Lipinski definition) is 4. The van der Waals surface area contributed by atoms with E-state index in [9.17, 15) is 14.3 Å². The quantitative estimate of drug-likeness (QED) is 0.892. The number of aliphatic hydroxyl groups is 1. The molecule has 0 saturated heterocycles. The normalized spacial score (nSPS) is 13.5. The third-order valence-corrected chi connectivity index (χ3v) is 3.83. The van der Waals surface area contributed by atoms with Crippen LogP contribution in [0, 0.1) is 5.82 Å². The largest absolute Gasteiger partial charge is 0.496 e. The topological polar surface area (TPSA) is 58.6 Å². The Balaban J connectivity index is 2.10. The van der Waals surface area contributed by atoms with E-state index in [0.717, 1.165) is 11.6 Å². The number of nitrogens with one attached hydrogen (secondary N) is 1. The first kappa shape index (κ1) is 15.5. The van der Waals surface area contributed by atoms with Crippen molar-refractivity contribution in [3.8, 4) is 5.75 Å². The van der Waals surface area contributed by atoms with Gasteiger partial charge in [0.05, 0.1) is 19.2 Å². The summed E-state index contributed by atoms with van der Waals surface area (Å²) in [5.74, 6) is -0.739. The van der Waals surface area contributed by atoms with Gasteiger partial charge in [-0.15, -0.1) is 0 Å². The van der Waals surface area contributed by atoms with Gasteiger partial charge in [0, 0.05) is 0 Å². The average molecular weight is 309 g/mol. The Kier molecular flexibility index (Phi) is 4.59. The predicted octanol–water partition coefficient (Wildman–Crippen LogP) is 2.53. The highest BCUT2D eigenvalue weighted by atomic mass is 32.1. The van der Waals surface area contributed by atoms with E-state index in [-0.39, 0.29) is 17.9 Å². The molecule has 2 aromatic rings. The minimum atomic E-state index is -1.18. The molecule has 1 amide bonds. The van der Waals surface area contributed by atoms with Crippen LogP contribution in [-0.2, 0) is 5.60 Å². The van der Waals surface area contributed by atoms with Crippen molar-refractivity contribution in [2.45, 2.75) is 12.5 Å². The van der Waals surface area contributed by atoms with Crippen LogP contribution in [0.1, 0.15) is 22.8 Å². The highest BCUT2D eigenvalue weighted by molar-refractivity contribution is 7.08. The van der Waals surface area contributed by atoms with E-state index in [1.807, 2.05) is 10.8 Å². The van der Waals surface area contributed by atoms with Gasteiger partial charge < -0.3 is 15.2 Å². The van der Waals surface area contributed by atoms with Gasteiger partial charge >= 0.3 is 0 Å². The standard InChI is InChI=1S/C15H16FNO3S/c1-15(19,10-5-6-21-8-10)9-17-14(18)12-7-11(16)3-4-13(12)20-2/h3-8,19H,9H2,1-2H3,(H,17,18). The molecule has 112 valence electrons. The van der Waals surface area contributed by atoms with Crippen LogP contribution in [-0.4, -0.2) is 24.7 Å². The molecular formula is C15H16FNO3S. The molecule has 1 aromatic heterocycles. The van der Waals surface area contributed by atoms with Gasteiger partial charge in [-0.2, -0.15) is 11.3 Å². The minimum Gasteiger partial charge on any atom is -0.496 e. The van der Waals surface area contributed by atoms with Crippen molar-refractivity contribution in [3.63, 3.8) is 0 Å². The van der Waals surface area contributed by atoms with Crippen molar-refractivity contribution in [3.05, 3.63) is 52.0 Å². The third-order valence-electron chi connectivity index (χ3n) is 3.14. The smallest absolute Gasteiger partial charge is 0.255 e. The number of rotatable bonds is 5. The molecule has 1 unspecified atom stereocenters. The van der Waals surface area contributed by atoms with Gasteiger partial charge in [-0.3, -0.25) is 4.79 Å². The van der Waals surface area contributed by atoms with Crippen LogP contribution in [0.5, 0.6) is 5.75 Å². The Labute approximate surface area is 126 Å². The second-order valence-corrected chi connectivity index (χ2v) is 5.59. The van der Waals surface area contributed by atoms with Gasteiger partial charge in [0.2, 0.25) is 0 Å². The van der Waals surface area contributed by atoms with Crippen LogP contribution in [0.2, 0.25) is 0 Å². The maximum absolute atomic E-state index is 13.3. The van der Waals surface area contributed by atoms with Crippen LogP contribution in [0.25, 0.3) is 0 Å². The first-order chi connectivity index (χ1) is 9.94. The second-order valence-electron chi connectivity index (χ2n) is 4.81. The second kappa shape index (κ2) is 6.24. The molecule has 0 spiro atoms. The first-order valence-corrected chi connectivity index (χ1v) is 7.25. The predicted molar refractivity (Wildman–Crippen MR) is 79.2 cm³/mol. The molecule has 2 rings (SSSR count). The molecule has 0 fully saturated rings. The molecule has 21 heavy (non-hydrogen) atoms. The van der Waals surface area contributed by atoms with E-state index in [1.54, 1.807) is 13.0 Å². The maximum atomic E-state index is 13.3. The molecule has 0 saturated carbocycles. The van der Waals surface area contributed by atoms with Crippen LogP contribution < -0.4 is 10.1 Å². The van der Waals surface area contributed by atoms with Gasteiger partial charge in [-0.25, -0.2) is 4.39 Å². The fourth-order valence-corrected chi connectivity index (χ4v) is 2.66. The van der Waals surface area contributed by atoms with Crippen molar-refractivity contribution in [2.24, 2.45) is 0 Å². The van der Waals surface area contributed by atoms with E-state index in [1.165, 1.54) is 30.6 Å². The molecular weight excluding hydrogens is 293 g/mol. The summed E-state index contributed by atoms with van der Waals surface area (Å²) in [6.45, 7) is 1.63. The molecule has 0 radical (unpaired) electrons. The summed E-state index contributed by atoms with van der Waals surface area (Å²) < 4.78 is 18.3. The van der Waals surface area contributed by atoms with E-state index in [4.69, 9.17) is 4.74 Å². The summed E-state index contributed by atoms with van der Waals surface area (Å²) in [6.07, 6.45) is 0. The maximum Gasteiger partial charge on any atom is 0.255 e. The number of methoxy groups -OCH3 is 1. The van der Waals surface area contributed by atoms with Crippen LogP contribution in [0.15, 0.2) is 35.0 Å². The number of thiophene rings is 1. The van der Waals surface area contributed by atoms with Crippen molar-refractivity contribution in [1.82, 2.24) is 5.32 Å². The molecule has 0 aliphatic carbocycles. The van der Waals surface area contributed by atoms with Crippen LogP contribution in [0.4, 0.5) is 4.39 Å². The van der Waals surface area contributed by atoms with Crippen molar-refractivity contribution < 1.29 is 19.0 Å². The fourth-order valence-electron chi connectivity index (χ4n) is 1.88. The van der Waals surface area contributed by atoms with Gasteiger partial charge in [0.15, 0.2) is 0 Å². The van der Waals surface area contributed by atoms with Crippen molar-refractivity contribution >= 4 is 17.2 Å². The van der Waals surface area contributed by atoms with Gasteiger partial charge in [-0.05, 0) is 47.5 Å². The summed E-state index contributed by atoms with van der Waals surface area (Å²) >= 11 is 1.46. The molecule has 0 aliphatic rings. The number of ether oxygens (including phenoxy) is 1. The van der Waals surface area contributed by atoms with E-state index < -0.39 is 17.3 Å². The zero-order valence-corrected chi connectivity index (χ0v) is 12.5. The van der Waals surface area contributed by atoms with Gasteiger partial charge in [0.25, 0.3) is 5.91 Å². The Morgan fingerprint density at radius 2 is 2.24 bits per heavy atom. The lowest BCUT2D eigenvalue weighted by Crippen LogP contribution is -2.38. The molecule has 0 bridgehead atoms. The Bertz CT molecular complexity index is 626. The van der Waals surface area contributed by atoms with Crippen LogP contribution >= 0.6 is 11.3 Å². The monoisotopic (exact) mass is 309 g/mol. The lowest BCUT2D eigenvalue weighted by Gasteiger charge is -2.23. The first-order valence-electron chi connectivity index (χ1n) is 6.31. The van der Waals surface area contributed by atoms with E-state index in [0.29, 0.717) is 0 Å². The van der Waals surface area contributed by atoms with Crippen LogP contribution in [0.3, 0.4) is 0 Å². The summed E-state index contributed by atoms with van der Waals surface area (Å²) in [5.41, 5.74) is -0.367. The number of carbonyl (C=O) groups is 1. The molecule has 1 heterocycles. The molecule has 0 aliphatic heterocycles. The number of hydrogen-bond donors (Lipinski definition) is 2. The molecule has 2 N–H and O–H groups in total. The lowest BCUT2D eigenvalue weighted by atomic mass is 9.99. The minimum absolute atomic E-state index is 0.0161. The van der Waals surface area contributed by atoms with Gasteiger partial charge in [-0.1, -0.05) is 0 Å². The zero-order valence-electron chi connectivity index (χ0n) is 11.7. The zero-order chi connectivity index (χ0) is 15.5. The highest BCUT2D eigenvalue weighted by Gasteiger charge is 2.25. The number of halogens is 1. The molecule has 4 nitrogen and oxygen atoms in total. The van der Waals surface area contributed by atoms with Crippen molar-refractivity contribution in [1.29, 1.82) is 0 Å². The van der Waals surface area contributed by atoms with E-state index in [2.05, 4.69) is 5.32 Å². The Hall–Kier alpha value is -1.92. The molecule has 1 atom stereocenters. The summed E-state index contributed by atoms with van der Waals surface area (Å²) in [5, 5.41) is 16.6. The van der Waals surface area contributed by atoms with E-state index >= 15 is 0 Å². The summed E-state index contributed by atoms with van der Waals surface area (Å²) in [4.78, 5) is 12.1. The highest BCUT2D eigenvalue weighted by Crippen LogP contribution is 2.23. The summed E-state index contributed by atoms with van der Waals surface area (Å²) in [7, 11) is 1.41. The molecule has 1 aromatic carbocycles. The van der Waals surface area contributed by atoms with Gasteiger partial charge in [0.1, 0.15) is 17.2 Å². The van der Waals surface area contributed by atoms with Crippen molar-refractivity contribution in [2.75, 3.05) is 13.7 Å². The average Bonchev–Trinajstić information content (AvgIpc) is 3.00. The molecule has 6 heteroatoms. The number of carbonyl (C=O) groups excluding carboxylic acids is 1. The number of amides is 1. The fraction of sp³-hybridized carbons (Fsp3) is 0.267.